The van der Waals surface area contributed by atoms with E-state index in [2.05, 4.69) is 32.7 Å². The second-order valence-corrected chi connectivity index (χ2v) is 6.24. The molecule has 6 nitrogen and oxygen atoms in total. The number of nitrogens with one attached hydrogen (secondary N) is 2. The predicted molar refractivity (Wildman–Crippen MR) is 89.5 cm³/mol. The van der Waals surface area contributed by atoms with Crippen molar-refractivity contribution >= 4 is 17.7 Å². The molecule has 1 aliphatic heterocycles. The molecule has 120 valence electrons. The van der Waals surface area contributed by atoms with Crippen molar-refractivity contribution in [1.29, 1.82) is 5.26 Å². The predicted octanol–water partition coefficient (Wildman–Crippen LogP) is 1.75. The van der Waals surface area contributed by atoms with Gasteiger partial charge in [-0.15, -0.1) is 0 Å². The zero-order valence-corrected chi connectivity index (χ0v) is 13.8. The van der Waals surface area contributed by atoms with Crippen LogP contribution in [0.25, 0.3) is 0 Å². The summed E-state index contributed by atoms with van der Waals surface area (Å²) in [5.74, 6) is 4.39. The van der Waals surface area contributed by atoms with Crippen LogP contribution in [0.3, 0.4) is 0 Å². The number of guanidine groups is 1. The van der Waals surface area contributed by atoms with Gasteiger partial charge >= 0.3 is 0 Å². The Bertz CT molecular complexity index is 516. The molecule has 1 fully saturated rings. The zero-order valence-electron chi connectivity index (χ0n) is 13.0. The van der Waals surface area contributed by atoms with Crippen LogP contribution in [0.2, 0.25) is 0 Å². The first-order valence-electron chi connectivity index (χ1n) is 7.55. The quantitative estimate of drug-likeness (QED) is 0.262. The van der Waals surface area contributed by atoms with E-state index in [1.54, 1.807) is 18.8 Å². The van der Waals surface area contributed by atoms with Crippen LogP contribution in [0.15, 0.2) is 21.5 Å². The number of nitrogens with zero attached hydrogens (tertiary/aromatic N) is 3. The van der Waals surface area contributed by atoms with Crippen LogP contribution in [0, 0.1) is 11.5 Å². The van der Waals surface area contributed by atoms with Crippen molar-refractivity contribution in [2.45, 2.75) is 25.1 Å². The molecule has 7 heteroatoms. The number of likely N-dealkylation sites (tertiary alicyclic amines) is 1. The van der Waals surface area contributed by atoms with Crippen molar-refractivity contribution in [3.63, 3.8) is 0 Å². The van der Waals surface area contributed by atoms with Crippen molar-refractivity contribution < 1.29 is 4.42 Å². The smallest absolute Gasteiger partial charge is 0.204 e. The highest BCUT2D eigenvalue weighted by molar-refractivity contribution is 7.98. The van der Waals surface area contributed by atoms with E-state index in [0.29, 0.717) is 5.96 Å². The highest BCUT2D eigenvalue weighted by atomic mass is 32.2. The summed E-state index contributed by atoms with van der Waals surface area (Å²) in [7, 11) is 1.64. The lowest BCUT2D eigenvalue weighted by Crippen LogP contribution is -2.35. The lowest BCUT2D eigenvalue weighted by molar-refractivity contribution is 0.294. The maximum absolute atomic E-state index is 8.52. The first-order valence-corrected chi connectivity index (χ1v) is 8.70. The van der Waals surface area contributed by atoms with Gasteiger partial charge in [0.1, 0.15) is 11.5 Å². The van der Waals surface area contributed by atoms with Crippen LogP contribution >= 0.6 is 11.8 Å². The van der Waals surface area contributed by atoms with Gasteiger partial charge in [-0.2, -0.15) is 17.0 Å². The zero-order chi connectivity index (χ0) is 15.6. The second kappa shape index (κ2) is 9.38. The maximum atomic E-state index is 8.52. The van der Waals surface area contributed by atoms with Gasteiger partial charge in [-0.3, -0.25) is 15.2 Å². The fraction of sp³-hybridized carbons (Fsp3) is 0.600. The van der Waals surface area contributed by atoms with Gasteiger partial charge in [0.15, 0.2) is 6.19 Å². The molecule has 0 spiro atoms. The Hall–Kier alpha value is -1.65. The second-order valence-electron chi connectivity index (χ2n) is 5.14. The standard InChI is InChI=1S/C15H23N5OS/c1-17-15(19-12-16)18-6-9-22-11-14-5-4-13(21-14)10-20-7-2-3-8-20/h4-5H,2-3,6-11H2,1H3,(H2,17,18,19). The molecule has 0 radical (unpaired) electrons. The van der Waals surface area contributed by atoms with Crippen LogP contribution < -0.4 is 10.6 Å². The summed E-state index contributed by atoms with van der Waals surface area (Å²) >= 11 is 1.80. The van der Waals surface area contributed by atoms with Gasteiger partial charge in [0.25, 0.3) is 0 Å². The monoisotopic (exact) mass is 321 g/mol. The Morgan fingerprint density at radius 2 is 2.18 bits per heavy atom. The number of hydrogen-bond acceptors (Lipinski definition) is 5. The van der Waals surface area contributed by atoms with E-state index < -0.39 is 0 Å². The number of aliphatic imine (C=N–C) groups is 1. The minimum absolute atomic E-state index is 0.508. The minimum Gasteiger partial charge on any atom is -0.464 e. The molecule has 0 unspecified atom stereocenters. The van der Waals surface area contributed by atoms with E-state index in [1.165, 1.54) is 25.9 Å². The van der Waals surface area contributed by atoms with Crippen LogP contribution in [-0.2, 0) is 12.3 Å². The first-order chi connectivity index (χ1) is 10.8. The Morgan fingerprint density at radius 1 is 1.41 bits per heavy atom. The minimum atomic E-state index is 0.508. The Labute approximate surface area is 136 Å². The molecule has 0 bridgehead atoms. The van der Waals surface area contributed by atoms with Crippen molar-refractivity contribution in [3.05, 3.63) is 23.7 Å². The van der Waals surface area contributed by atoms with E-state index >= 15 is 0 Å². The van der Waals surface area contributed by atoms with E-state index in [1.807, 2.05) is 6.19 Å². The van der Waals surface area contributed by atoms with Gasteiger partial charge < -0.3 is 9.73 Å². The summed E-state index contributed by atoms with van der Waals surface area (Å²) in [4.78, 5) is 6.36. The third-order valence-electron chi connectivity index (χ3n) is 3.48. The molecule has 1 aromatic heterocycles. The summed E-state index contributed by atoms with van der Waals surface area (Å²) in [5, 5.41) is 14.1. The van der Waals surface area contributed by atoms with Crippen LogP contribution in [0.4, 0.5) is 0 Å². The van der Waals surface area contributed by atoms with Gasteiger partial charge in [0.2, 0.25) is 5.96 Å². The van der Waals surface area contributed by atoms with Gasteiger partial charge in [0, 0.05) is 19.3 Å². The maximum Gasteiger partial charge on any atom is 0.204 e. The average molecular weight is 321 g/mol. The molecule has 2 N–H and O–H groups in total. The molecule has 2 heterocycles. The Kier molecular flexibility index (Phi) is 7.13. The highest BCUT2D eigenvalue weighted by Gasteiger charge is 2.13. The van der Waals surface area contributed by atoms with Crippen molar-refractivity contribution in [2.75, 3.05) is 32.4 Å². The molecule has 0 aromatic carbocycles. The molecule has 1 aromatic rings. The van der Waals surface area contributed by atoms with Gasteiger partial charge in [-0.1, -0.05) is 0 Å². The van der Waals surface area contributed by atoms with E-state index in [0.717, 1.165) is 36.1 Å². The third kappa shape index (κ3) is 5.62. The summed E-state index contributed by atoms with van der Waals surface area (Å²) in [6.07, 6.45) is 4.46. The molecule has 0 aliphatic carbocycles. The fourth-order valence-electron chi connectivity index (χ4n) is 2.39. The number of nitriles is 1. The van der Waals surface area contributed by atoms with Gasteiger partial charge in [0.05, 0.1) is 12.3 Å². The molecular weight excluding hydrogens is 298 g/mol. The van der Waals surface area contributed by atoms with Crippen molar-refractivity contribution in [1.82, 2.24) is 15.5 Å². The number of furan rings is 1. The fourth-order valence-corrected chi connectivity index (χ4v) is 3.14. The molecule has 1 saturated heterocycles. The number of rotatable bonds is 7. The summed E-state index contributed by atoms with van der Waals surface area (Å²) in [5.41, 5.74) is 0. The SMILES string of the molecule is C/N=C(\NC#N)NCCSCc1ccc(CN2CCCC2)o1. The molecule has 0 atom stereocenters. The van der Waals surface area contributed by atoms with Crippen molar-refractivity contribution in [2.24, 2.45) is 4.99 Å². The Morgan fingerprint density at radius 3 is 2.91 bits per heavy atom. The summed E-state index contributed by atoms with van der Waals surface area (Å²) in [6, 6.07) is 4.16. The summed E-state index contributed by atoms with van der Waals surface area (Å²) in [6.45, 7) is 4.07. The van der Waals surface area contributed by atoms with E-state index in [4.69, 9.17) is 9.68 Å². The van der Waals surface area contributed by atoms with Crippen LogP contribution in [-0.4, -0.2) is 43.3 Å². The molecule has 22 heavy (non-hydrogen) atoms. The average Bonchev–Trinajstić information content (AvgIpc) is 3.18. The number of thioether (sulfide) groups is 1. The largest absolute Gasteiger partial charge is 0.464 e. The molecule has 0 amide bonds. The molecular formula is C15H23N5OS. The third-order valence-corrected chi connectivity index (χ3v) is 4.46. The van der Waals surface area contributed by atoms with E-state index in [9.17, 15) is 0 Å². The lowest BCUT2D eigenvalue weighted by atomic mass is 10.4. The Balaban J connectivity index is 1.61. The van der Waals surface area contributed by atoms with Crippen LogP contribution in [0.5, 0.6) is 0 Å². The van der Waals surface area contributed by atoms with Gasteiger partial charge in [-0.25, -0.2) is 0 Å². The molecule has 1 aliphatic rings. The topological polar surface area (TPSA) is 76.6 Å². The van der Waals surface area contributed by atoms with E-state index in [-0.39, 0.29) is 0 Å². The van der Waals surface area contributed by atoms with Crippen molar-refractivity contribution in [3.8, 4) is 6.19 Å². The number of hydrogen-bond donors (Lipinski definition) is 2. The van der Waals surface area contributed by atoms with Gasteiger partial charge in [-0.05, 0) is 38.1 Å². The molecule has 0 saturated carbocycles. The first kappa shape index (κ1) is 16.7. The normalized spacial score (nSPS) is 15.7. The summed E-state index contributed by atoms with van der Waals surface area (Å²) < 4.78 is 5.87. The lowest BCUT2D eigenvalue weighted by Gasteiger charge is -2.11. The highest BCUT2D eigenvalue weighted by Crippen LogP contribution is 2.18. The molecule has 2 rings (SSSR count). The van der Waals surface area contributed by atoms with Crippen LogP contribution in [0.1, 0.15) is 24.4 Å².